The highest BCUT2D eigenvalue weighted by Gasteiger charge is 2.24. The molecule has 1 aromatic heterocycles. The molecule has 1 fully saturated rings. The van der Waals surface area contributed by atoms with Crippen molar-refractivity contribution in [2.45, 2.75) is 26.8 Å². The lowest BCUT2D eigenvalue weighted by molar-refractivity contribution is 0.123. The number of H-pyrrole nitrogens is 1. The number of carbonyl (C=O) groups excluding carboxylic acids is 1. The van der Waals surface area contributed by atoms with Crippen molar-refractivity contribution in [3.05, 3.63) is 34.9 Å². The summed E-state index contributed by atoms with van der Waals surface area (Å²) in [6.45, 7) is 8.57. The summed E-state index contributed by atoms with van der Waals surface area (Å²) in [5.74, 6) is 1.41. The van der Waals surface area contributed by atoms with Crippen LogP contribution in [0, 0.1) is 12.8 Å². The fourth-order valence-electron chi connectivity index (χ4n) is 3.05. The number of nitrogens with zero attached hydrogens (tertiary/aromatic N) is 3. The van der Waals surface area contributed by atoms with Crippen molar-refractivity contribution in [1.29, 1.82) is 0 Å². The van der Waals surface area contributed by atoms with Gasteiger partial charge in [0.05, 0.1) is 35.7 Å². The summed E-state index contributed by atoms with van der Waals surface area (Å²) in [5.41, 5.74) is 1.48. The van der Waals surface area contributed by atoms with E-state index in [1.807, 2.05) is 39.0 Å². The normalized spacial score (nSPS) is 15.7. The number of carbonyl (C=O) groups is 1. The molecule has 2 aromatic rings. The number of rotatable bonds is 5. The summed E-state index contributed by atoms with van der Waals surface area (Å²) in [6, 6.07) is 4.86. The van der Waals surface area contributed by atoms with E-state index in [-0.39, 0.29) is 18.0 Å². The lowest BCUT2D eigenvalue weighted by Crippen LogP contribution is -2.38. The molecule has 1 aromatic carbocycles. The third-order valence-corrected chi connectivity index (χ3v) is 4.71. The Balaban J connectivity index is 1.76. The molecular formula is C18H25ClN6O2. The van der Waals surface area contributed by atoms with E-state index in [4.69, 9.17) is 16.3 Å². The van der Waals surface area contributed by atoms with Crippen LogP contribution >= 0.6 is 11.6 Å². The Bertz CT molecular complexity index is 788. The van der Waals surface area contributed by atoms with E-state index in [0.717, 1.165) is 18.8 Å². The molecule has 1 saturated heterocycles. The molecule has 0 aliphatic carbocycles. The lowest BCUT2D eigenvalue weighted by atomic mass is 10.0. The first-order valence-electron chi connectivity index (χ1n) is 9.03. The number of amides is 2. The Morgan fingerprint density at radius 1 is 1.33 bits per heavy atom. The maximum absolute atomic E-state index is 12.7. The number of para-hydroxylation sites is 1. The van der Waals surface area contributed by atoms with Crippen LogP contribution in [0.5, 0.6) is 0 Å². The van der Waals surface area contributed by atoms with E-state index < -0.39 is 0 Å². The predicted octanol–water partition coefficient (Wildman–Crippen LogP) is 3.12. The maximum atomic E-state index is 12.7. The number of hydrogen-bond donors (Lipinski definition) is 3. The fraction of sp³-hybridized carbons (Fsp3) is 0.500. The average molecular weight is 393 g/mol. The molecule has 1 aliphatic heterocycles. The fourth-order valence-corrected chi connectivity index (χ4v) is 3.35. The van der Waals surface area contributed by atoms with Gasteiger partial charge in [0.1, 0.15) is 5.82 Å². The SMILES string of the molecule is Cc1nc([C@@H](NC(=O)Nc2cccc(Cl)c2N2CCOCC2)C(C)C)n[nH]1. The van der Waals surface area contributed by atoms with Crippen LogP contribution in [-0.4, -0.2) is 47.5 Å². The second-order valence-corrected chi connectivity index (χ2v) is 7.24. The highest BCUT2D eigenvalue weighted by Crippen LogP contribution is 2.34. The van der Waals surface area contributed by atoms with Gasteiger partial charge in [-0.1, -0.05) is 31.5 Å². The van der Waals surface area contributed by atoms with Crippen LogP contribution in [0.1, 0.15) is 31.5 Å². The Labute approximate surface area is 163 Å². The minimum absolute atomic E-state index is 0.129. The van der Waals surface area contributed by atoms with Crippen LogP contribution in [0.15, 0.2) is 18.2 Å². The van der Waals surface area contributed by atoms with Gasteiger partial charge in [-0.05, 0) is 25.0 Å². The first-order chi connectivity index (χ1) is 13.0. The first kappa shape index (κ1) is 19.4. The third kappa shape index (κ3) is 4.70. The van der Waals surface area contributed by atoms with Crippen molar-refractivity contribution in [1.82, 2.24) is 20.5 Å². The molecule has 0 radical (unpaired) electrons. The number of hydrogen-bond acceptors (Lipinski definition) is 5. The monoisotopic (exact) mass is 392 g/mol. The van der Waals surface area contributed by atoms with E-state index in [9.17, 15) is 4.79 Å². The topological polar surface area (TPSA) is 95.2 Å². The van der Waals surface area contributed by atoms with E-state index in [1.54, 1.807) is 0 Å². The zero-order valence-corrected chi connectivity index (χ0v) is 16.5. The molecule has 8 nitrogen and oxygen atoms in total. The second kappa shape index (κ2) is 8.58. The van der Waals surface area contributed by atoms with Gasteiger partial charge in [0.25, 0.3) is 0 Å². The zero-order valence-electron chi connectivity index (χ0n) is 15.8. The van der Waals surface area contributed by atoms with Gasteiger partial charge in [-0.2, -0.15) is 5.10 Å². The Morgan fingerprint density at radius 2 is 2.07 bits per heavy atom. The highest BCUT2D eigenvalue weighted by molar-refractivity contribution is 6.34. The molecule has 27 heavy (non-hydrogen) atoms. The van der Waals surface area contributed by atoms with E-state index in [1.165, 1.54) is 0 Å². The van der Waals surface area contributed by atoms with Gasteiger partial charge >= 0.3 is 6.03 Å². The summed E-state index contributed by atoms with van der Waals surface area (Å²) >= 11 is 6.42. The smallest absolute Gasteiger partial charge is 0.319 e. The number of nitrogens with one attached hydrogen (secondary N) is 3. The number of benzene rings is 1. The van der Waals surface area contributed by atoms with Crippen LogP contribution in [0.4, 0.5) is 16.2 Å². The molecule has 2 amide bonds. The number of halogens is 1. The Morgan fingerprint density at radius 3 is 2.70 bits per heavy atom. The minimum atomic E-state index is -0.326. The summed E-state index contributed by atoms with van der Waals surface area (Å²) in [6.07, 6.45) is 0. The van der Waals surface area contributed by atoms with E-state index in [0.29, 0.717) is 35.6 Å². The van der Waals surface area contributed by atoms with Crippen LogP contribution in [0.3, 0.4) is 0 Å². The number of urea groups is 1. The van der Waals surface area contributed by atoms with Crippen LogP contribution < -0.4 is 15.5 Å². The van der Waals surface area contributed by atoms with Crippen LogP contribution in [-0.2, 0) is 4.74 Å². The second-order valence-electron chi connectivity index (χ2n) is 6.83. The Kier molecular flexibility index (Phi) is 6.18. The Hall–Kier alpha value is -2.32. The van der Waals surface area contributed by atoms with Crippen molar-refractivity contribution < 1.29 is 9.53 Å². The van der Waals surface area contributed by atoms with Gasteiger partial charge in [-0.15, -0.1) is 0 Å². The van der Waals surface area contributed by atoms with E-state index in [2.05, 4.69) is 30.7 Å². The van der Waals surface area contributed by atoms with Crippen molar-refractivity contribution in [2.75, 3.05) is 36.5 Å². The molecule has 146 valence electrons. The quantitative estimate of drug-likeness (QED) is 0.726. The highest BCUT2D eigenvalue weighted by atomic mass is 35.5. The number of aromatic nitrogens is 3. The molecule has 0 saturated carbocycles. The van der Waals surface area contributed by atoms with Gasteiger partial charge in [0, 0.05) is 13.1 Å². The van der Waals surface area contributed by atoms with Crippen molar-refractivity contribution in [3.63, 3.8) is 0 Å². The average Bonchev–Trinajstić information content (AvgIpc) is 3.06. The summed E-state index contributed by atoms with van der Waals surface area (Å²) < 4.78 is 5.41. The molecule has 3 N–H and O–H groups in total. The molecular weight excluding hydrogens is 368 g/mol. The largest absolute Gasteiger partial charge is 0.378 e. The van der Waals surface area contributed by atoms with Gasteiger partial charge in [-0.3, -0.25) is 5.10 Å². The molecule has 0 unspecified atom stereocenters. The van der Waals surface area contributed by atoms with Crippen LogP contribution in [0.25, 0.3) is 0 Å². The standard InChI is InChI=1S/C18H25ClN6O2/c1-11(2)15(17-20-12(3)23-24-17)22-18(26)21-14-6-4-5-13(19)16(14)25-7-9-27-10-8-25/h4-6,11,15H,7-10H2,1-3H3,(H,20,23,24)(H2,21,22,26)/t15-/m0/s1. The molecule has 0 bridgehead atoms. The number of anilines is 2. The zero-order chi connectivity index (χ0) is 19.4. The van der Waals surface area contributed by atoms with Crippen molar-refractivity contribution >= 4 is 29.0 Å². The number of aromatic amines is 1. The summed E-state index contributed by atoms with van der Waals surface area (Å²) in [7, 11) is 0. The molecule has 9 heteroatoms. The lowest BCUT2D eigenvalue weighted by Gasteiger charge is -2.31. The van der Waals surface area contributed by atoms with Gasteiger partial charge < -0.3 is 20.3 Å². The van der Waals surface area contributed by atoms with Gasteiger partial charge in [-0.25, -0.2) is 9.78 Å². The van der Waals surface area contributed by atoms with Gasteiger partial charge in [0.15, 0.2) is 5.82 Å². The molecule has 2 heterocycles. The van der Waals surface area contributed by atoms with Crippen molar-refractivity contribution in [2.24, 2.45) is 5.92 Å². The van der Waals surface area contributed by atoms with E-state index >= 15 is 0 Å². The molecule has 1 aliphatic rings. The first-order valence-corrected chi connectivity index (χ1v) is 9.41. The molecule has 1 atom stereocenters. The summed E-state index contributed by atoms with van der Waals surface area (Å²) in [5, 5.41) is 13.5. The molecule has 0 spiro atoms. The van der Waals surface area contributed by atoms with Gasteiger partial charge in [0.2, 0.25) is 0 Å². The van der Waals surface area contributed by atoms with Crippen molar-refractivity contribution in [3.8, 4) is 0 Å². The molecule has 3 rings (SSSR count). The number of ether oxygens (including phenoxy) is 1. The third-order valence-electron chi connectivity index (χ3n) is 4.41. The van der Waals surface area contributed by atoms with Crippen LogP contribution in [0.2, 0.25) is 5.02 Å². The maximum Gasteiger partial charge on any atom is 0.319 e. The number of aryl methyl sites for hydroxylation is 1. The summed E-state index contributed by atoms with van der Waals surface area (Å²) in [4.78, 5) is 19.1. The number of morpholine rings is 1. The minimum Gasteiger partial charge on any atom is -0.378 e. The predicted molar refractivity (Wildman–Crippen MR) is 105 cm³/mol.